The summed E-state index contributed by atoms with van der Waals surface area (Å²) in [6.45, 7) is 1.65. The molecule has 1 heterocycles. The maximum atomic E-state index is 11.0. The van der Waals surface area contributed by atoms with Gasteiger partial charge in [0, 0.05) is 11.6 Å². The van der Waals surface area contributed by atoms with E-state index in [1.165, 1.54) is 6.07 Å². The Bertz CT molecular complexity index is 602. The van der Waals surface area contributed by atoms with Gasteiger partial charge in [0.05, 0.1) is 4.92 Å². The summed E-state index contributed by atoms with van der Waals surface area (Å²) in [7, 11) is 0. The van der Waals surface area contributed by atoms with Crippen LogP contribution in [-0.2, 0) is 0 Å². The molecule has 0 aliphatic heterocycles. The van der Waals surface area contributed by atoms with E-state index >= 15 is 0 Å². The number of aryl methyl sites for hydroxylation is 1. The molecule has 0 aliphatic rings. The molecule has 92 valence electrons. The van der Waals surface area contributed by atoms with Crippen LogP contribution in [0.2, 0.25) is 5.15 Å². The molecule has 0 bridgehead atoms. The van der Waals surface area contributed by atoms with Gasteiger partial charge in [0.1, 0.15) is 5.15 Å². The summed E-state index contributed by atoms with van der Waals surface area (Å²) >= 11 is 5.72. The van der Waals surface area contributed by atoms with Crippen LogP contribution in [-0.4, -0.2) is 9.91 Å². The van der Waals surface area contributed by atoms with Crippen molar-refractivity contribution in [1.29, 1.82) is 0 Å². The van der Waals surface area contributed by atoms with Crippen LogP contribution in [0.3, 0.4) is 0 Å². The zero-order valence-corrected chi connectivity index (χ0v) is 10.2. The Kier molecular flexibility index (Phi) is 3.43. The fraction of sp³-hybridized carbons (Fsp3) is 0.0833. The summed E-state index contributed by atoms with van der Waals surface area (Å²) in [5.74, 6) is 0.367. The summed E-state index contributed by atoms with van der Waals surface area (Å²) in [4.78, 5) is 14.4. The van der Waals surface area contributed by atoms with Gasteiger partial charge in [-0.25, -0.2) is 4.98 Å². The fourth-order valence-electron chi connectivity index (χ4n) is 1.51. The Hall–Kier alpha value is -2.14. The van der Waals surface area contributed by atoms with E-state index in [4.69, 9.17) is 16.3 Å². The van der Waals surface area contributed by atoms with Crippen LogP contribution >= 0.6 is 11.6 Å². The number of nitro groups is 1. The number of hydrogen-bond donors (Lipinski definition) is 0. The van der Waals surface area contributed by atoms with Crippen LogP contribution in [0.5, 0.6) is 11.6 Å². The molecule has 0 fully saturated rings. The third-order valence-electron chi connectivity index (χ3n) is 2.29. The molecule has 2 rings (SSSR count). The minimum atomic E-state index is -0.477. The first-order chi connectivity index (χ1) is 8.58. The number of pyridine rings is 1. The molecular weight excluding hydrogens is 256 g/mol. The third kappa shape index (κ3) is 2.57. The minimum Gasteiger partial charge on any atom is -0.432 e. The van der Waals surface area contributed by atoms with E-state index in [1.54, 1.807) is 37.3 Å². The van der Waals surface area contributed by atoms with Crippen LogP contribution in [0.4, 0.5) is 5.69 Å². The number of halogens is 1. The number of hydrogen-bond acceptors (Lipinski definition) is 4. The number of nitro benzene ring substituents is 1. The van der Waals surface area contributed by atoms with Gasteiger partial charge in [-0.05, 0) is 19.1 Å². The molecule has 0 amide bonds. The minimum absolute atomic E-state index is 0.0701. The molecular formula is C12H9ClN2O3. The molecule has 1 aromatic heterocycles. The van der Waals surface area contributed by atoms with Crippen molar-refractivity contribution in [2.75, 3.05) is 0 Å². The van der Waals surface area contributed by atoms with Crippen LogP contribution in [0.15, 0.2) is 36.4 Å². The fourth-order valence-corrected chi connectivity index (χ4v) is 1.66. The average molecular weight is 265 g/mol. The van der Waals surface area contributed by atoms with Crippen molar-refractivity contribution in [2.45, 2.75) is 6.92 Å². The molecule has 18 heavy (non-hydrogen) atoms. The van der Waals surface area contributed by atoms with Crippen molar-refractivity contribution in [3.8, 4) is 11.6 Å². The van der Waals surface area contributed by atoms with E-state index in [0.717, 1.165) is 0 Å². The van der Waals surface area contributed by atoms with E-state index in [1.807, 2.05) is 0 Å². The Morgan fingerprint density at radius 1 is 1.28 bits per heavy atom. The average Bonchev–Trinajstić information content (AvgIpc) is 2.28. The topological polar surface area (TPSA) is 65.3 Å². The van der Waals surface area contributed by atoms with E-state index < -0.39 is 4.92 Å². The first-order valence-electron chi connectivity index (χ1n) is 5.12. The lowest BCUT2D eigenvalue weighted by molar-refractivity contribution is -0.386. The van der Waals surface area contributed by atoms with Gasteiger partial charge in [-0.3, -0.25) is 10.1 Å². The summed E-state index contributed by atoms with van der Waals surface area (Å²) in [6, 6.07) is 9.69. The van der Waals surface area contributed by atoms with Gasteiger partial charge in [-0.2, -0.15) is 0 Å². The standard InChI is InChI=1S/C12H9ClN2O3/c1-8-4-2-5-9(12(8)15(16)17)18-11-7-3-6-10(13)14-11/h2-7H,1H3. The quantitative estimate of drug-likeness (QED) is 0.481. The number of ether oxygens (including phenoxy) is 1. The van der Waals surface area contributed by atoms with Gasteiger partial charge in [-0.1, -0.05) is 29.8 Å². The SMILES string of the molecule is Cc1cccc(Oc2cccc(Cl)n2)c1[N+](=O)[O-]. The molecule has 0 radical (unpaired) electrons. The van der Waals surface area contributed by atoms with Gasteiger partial charge in [0.2, 0.25) is 11.6 Å². The van der Waals surface area contributed by atoms with Crippen LogP contribution in [0.25, 0.3) is 0 Å². The molecule has 0 aliphatic carbocycles. The second-order valence-electron chi connectivity index (χ2n) is 3.58. The molecule has 5 nitrogen and oxygen atoms in total. The Morgan fingerprint density at radius 3 is 2.67 bits per heavy atom. The number of benzene rings is 1. The predicted octanol–water partition coefficient (Wildman–Crippen LogP) is 3.74. The summed E-state index contributed by atoms with van der Waals surface area (Å²) in [5, 5.41) is 11.2. The first kappa shape index (κ1) is 12.3. The van der Waals surface area contributed by atoms with Crippen molar-refractivity contribution < 1.29 is 9.66 Å². The van der Waals surface area contributed by atoms with Crippen molar-refractivity contribution in [1.82, 2.24) is 4.98 Å². The lowest BCUT2D eigenvalue weighted by Gasteiger charge is -2.06. The molecule has 0 saturated heterocycles. The van der Waals surface area contributed by atoms with Crippen molar-refractivity contribution >= 4 is 17.3 Å². The van der Waals surface area contributed by atoms with E-state index in [-0.39, 0.29) is 22.5 Å². The van der Waals surface area contributed by atoms with Gasteiger partial charge in [0.15, 0.2) is 0 Å². The zero-order valence-electron chi connectivity index (χ0n) is 9.46. The molecule has 0 N–H and O–H groups in total. The first-order valence-corrected chi connectivity index (χ1v) is 5.50. The maximum Gasteiger partial charge on any atom is 0.314 e. The lowest BCUT2D eigenvalue weighted by Crippen LogP contribution is -1.96. The highest BCUT2D eigenvalue weighted by Gasteiger charge is 2.19. The van der Waals surface area contributed by atoms with E-state index in [9.17, 15) is 10.1 Å². The maximum absolute atomic E-state index is 11.0. The van der Waals surface area contributed by atoms with Gasteiger partial charge in [-0.15, -0.1) is 0 Å². The predicted molar refractivity (Wildman–Crippen MR) is 67.2 cm³/mol. The third-order valence-corrected chi connectivity index (χ3v) is 2.50. The van der Waals surface area contributed by atoms with Crippen molar-refractivity contribution in [3.05, 3.63) is 57.2 Å². The molecule has 2 aromatic rings. The number of aromatic nitrogens is 1. The summed E-state index contributed by atoms with van der Waals surface area (Å²) < 4.78 is 5.40. The van der Waals surface area contributed by atoms with Crippen LogP contribution in [0.1, 0.15) is 5.56 Å². The molecule has 0 spiro atoms. The Morgan fingerprint density at radius 2 is 2.00 bits per heavy atom. The molecule has 0 saturated carbocycles. The number of para-hydroxylation sites is 1. The zero-order chi connectivity index (χ0) is 13.1. The van der Waals surface area contributed by atoms with Crippen molar-refractivity contribution in [3.63, 3.8) is 0 Å². The summed E-state index contributed by atoms with van der Waals surface area (Å²) in [5.41, 5.74) is 0.457. The molecule has 0 unspecified atom stereocenters. The second-order valence-corrected chi connectivity index (χ2v) is 3.97. The van der Waals surface area contributed by atoms with Gasteiger partial charge < -0.3 is 4.74 Å². The van der Waals surface area contributed by atoms with E-state index in [0.29, 0.717) is 5.56 Å². The summed E-state index contributed by atoms with van der Waals surface area (Å²) in [6.07, 6.45) is 0. The number of rotatable bonds is 3. The Labute approximate surface area is 108 Å². The lowest BCUT2D eigenvalue weighted by atomic mass is 10.2. The normalized spacial score (nSPS) is 10.1. The second kappa shape index (κ2) is 5.01. The highest BCUT2D eigenvalue weighted by Crippen LogP contribution is 2.33. The molecule has 0 atom stereocenters. The molecule has 6 heteroatoms. The van der Waals surface area contributed by atoms with Crippen LogP contribution < -0.4 is 4.74 Å². The highest BCUT2D eigenvalue weighted by atomic mass is 35.5. The largest absolute Gasteiger partial charge is 0.432 e. The Balaban J connectivity index is 2.40. The van der Waals surface area contributed by atoms with E-state index in [2.05, 4.69) is 4.98 Å². The van der Waals surface area contributed by atoms with Crippen molar-refractivity contribution in [2.24, 2.45) is 0 Å². The highest BCUT2D eigenvalue weighted by molar-refractivity contribution is 6.29. The molecule has 1 aromatic carbocycles. The van der Waals surface area contributed by atoms with Gasteiger partial charge >= 0.3 is 5.69 Å². The monoisotopic (exact) mass is 264 g/mol. The number of nitrogens with zero attached hydrogens (tertiary/aromatic N) is 2. The van der Waals surface area contributed by atoms with Gasteiger partial charge in [0.25, 0.3) is 0 Å². The smallest absolute Gasteiger partial charge is 0.314 e. The van der Waals surface area contributed by atoms with Crippen LogP contribution in [0, 0.1) is 17.0 Å².